The Hall–Kier alpha value is -1.59. The Kier molecular flexibility index (Phi) is 5.97. The van der Waals surface area contributed by atoms with E-state index in [9.17, 15) is 4.79 Å². The van der Waals surface area contributed by atoms with Crippen LogP contribution in [0.3, 0.4) is 0 Å². The van der Waals surface area contributed by atoms with E-state index in [-0.39, 0.29) is 11.9 Å². The number of nitrogens with two attached hydrogens (primary N) is 1. The van der Waals surface area contributed by atoms with E-state index < -0.39 is 0 Å². The van der Waals surface area contributed by atoms with Crippen LogP contribution in [0, 0.1) is 5.92 Å². The first-order chi connectivity index (χ1) is 12.1. The molecule has 0 radical (unpaired) electrons. The van der Waals surface area contributed by atoms with Gasteiger partial charge in [0.1, 0.15) is 0 Å². The van der Waals surface area contributed by atoms with E-state index in [1.54, 1.807) is 0 Å². The van der Waals surface area contributed by atoms with Crippen LogP contribution in [0.2, 0.25) is 0 Å². The maximum absolute atomic E-state index is 12.9. The van der Waals surface area contributed by atoms with Crippen molar-refractivity contribution in [3.05, 3.63) is 29.8 Å². The Labute approximate surface area is 151 Å². The third kappa shape index (κ3) is 3.98. The van der Waals surface area contributed by atoms with Gasteiger partial charge in [0.05, 0.1) is 0 Å². The minimum atomic E-state index is 0.129. The Balaban J connectivity index is 1.66. The first kappa shape index (κ1) is 18.2. The lowest BCUT2D eigenvalue weighted by Gasteiger charge is -2.39. The van der Waals surface area contributed by atoms with Crippen LogP contribution in [0.4, 0.5) is 5.69 Å². The molecule has 2 atom stereocenters. The van der Waals surface area contributed by atoms with Crippen molar-refractivity contribution in [2.45, 2.75) is 32.7 Å². The lowest BCUT2D eigenvalue weighted by Crippen LogP contribution is -2.51. The van der Waals surface area contributed by atoms with Crippen molar-refractivity contribution in [3.63, 3.8) is 0 Å². The molecule has 2 fully saturated rings. The predicted molar refractivity (Wildman–Crippen MR) is 103 cm³/mol. The molecule has 1 amide bonds. The van der Waals surface area contributed by atoms with Crippen LogP contribution in [-0.2, 0) is 0 Å². The Morgan fingerprint density at radius 2 is 1.80 bits per heavy atom. The number of carbonyl (C=O) groups is 1. The predicted octanol–water partition coefficient (Wildman–Crippen LogP) is 2.03. The molecule has 0 bridgehead atoms. The molecule has 25 heavy (non-hydrogen) atoms. The highest BCUT2D eigenvalue weighted by atomic mass is 16.2. The number of rotatable bonds is 4. The lowest BCUT2D eigenvalue weighted by molar-refractivity contribution is 0.0532. The van der Waals surface area contributed by atoms with Crippen LogP contribution in [0.15, 0.2) is 24.3 Å². The number of piperazine rings is 1. The number of amides is 1. The molecule has 5 nitrogen and oxygen atoms in total. The standard InChI is InChI=1S/C20H32N4O/c1-3-22-11-13-23(14-12-22)18-8-6-17(7-9-18)20(25)24-10-4-5-16(2)19(24)15-21/h6-9,16,19H,3-5,10-15,21H2,1-2H3/t16-,19-/m1/s1. The summed E-state index contributed by atoms with van der Waals surface area (Å²) in [5.74, 6) is 0.612. The van der Waals surface area contributed by atoms with Gasteiger partial charge in [-0.2, -0.15) is 0 Å². The van der Waals surface area contributed by atoms with Gasteiger partial charge in [-0.3, -0.25) is 4.79 Å². The fraction of sp³-hybridized carbons (Fsp3) is 0.650. The largest absolute Gasteiger partial charge is 0.369 e. The summed E-state index contributed by atoms with van der Waals surface area (Å²) in [5.41, 5.74) is 7.94. The topological polar surface area (TPSA) is 52.8 Å². The van der Waals surface area contributed by atoms with Crippen molar-refractivity contribution in [3.8, 4) is 0 Å². The van der Waals surface area contributed by atoms with Gasteiger partial charge in [0.25, 0.3) is 5.91 Å². The van der Waals surface area contributed by atoms with Crippen LogP contribution >= 0.6 is 0 Å². The fourth-order valence-electron chi connectivity index (χ4n) is 4.16. The Bertz CT molecular complexity index is 566. The molecule has 2 saturated heterocycles. The summed E-state index contributed by atoms with van der Waals surface area (Å²) in [6, 6.07) is 8.33. The number of piperidine rings is 1. The molecule has 2 N–H and O–H groups in total. The number of likely N-dealkylation sites (N-methyl/N-ethyl adjacent to an activating group) is 1. The second-order valence-corrected chi connectivity index (χ2v) is 7.39. The molecule has 5 heteroatoms. The maximum atomic E-state index is 12.9. The molecule has 3 rings (SSSR count). The summed E-state index contributed by atoms with van der Waals surface area (Å²) >= 11 is 0. The van der Waals surface area contributed by atoms with Crippen molar-refractivity contribution >= 4 is 11.6 Å². The van der Waals surface area contributed by atoms with E-state index in [4.69, 9.17) is 5.73 Å². The van der Waals surface area contributed by atoms with Gasteiger partial charge in [-0.25, -0.2) is 0 Å². The summed E-state index contributed by atoms with van der Waals surface area (Å²) < 4.78 is 0. The molecule has 0 saturated carbocycles. The van der Waals surface area contributed by atoms with Gasteiger partial charge in [-0.05, 0) is 49.6 Å². The monoisotopic (exact) mass is 344 g/mol. The van der Waals surface area contributed by atoms with Gasteiger partial charge in [0.2, 0.25) is 0 Å². The average molecular weight is 345 g/mol. The minimum absolute atomic E-state index is 0.129. The van der Waals surface area contributed by atoms with Crippen LogP contribution in [-0.4, -0.2) is 67.6 Å². The summed E-state index contributed by atoms with van der Waals surface area (Å²) in [4.78, 5) is 19.8. The molecule has 2 aliphatic heterocycles. The first-order valence-electron chi connectivity index (χ1n) is 9.72. The van der Waals surface area contributed by atoms with Crippen molar-refractivity contribution in [2.24, 2.45) is 11.7 Å². The highest BCUT2D eigenvalue weighted by Gasteiger charge is 2.31. The van der Waals surface area contributed by atoms with Gasteiger partial charge in [-0.1, -0.05) is 13.8 Å². The molecule has 0 unspecified atom stereocenters. The Morgan fingerprint density at radius 3 is 2.40 bits per heavy atom. The second kappa shape index (κ2) is 8.19. The zero-order chi connectivity index (χ0) is 17.8. The number of hydrogen-bond acceptors (Lipinski definition) is 4. The van der Waals surface area contributed by atoms with E-state index in [0.717, 1.165) is 57.7 Å². The number of carbonyl (C=O) groups excluding carboxylic acids is 1. The van der Waals surface area contributed by atoms with Crippen molar-refractivity contribution in [1.82, 2.24) is 9.80 Å². The van der Waals surface area contributed by atoms with Crippen LogP contribution in [0.1, 0.15) is 37.0 Å². The Morgan fingerprint density at radius 1 is 1.12 bits per heavy atom. The van der Waals surface area contributed by atoms with E-state index in [0.29, 0.717) is 12.5 Å². The highest BCUT2D eigenvalue weighted by Crippen LogP contribution is 2.25. The van der Waals surface area contributed by atoms with Crippen LogP contribution in [0.5, 0.6) is 0 Å². The lowest BCUT2D eigenvalue weighted by atomic mass is 9.90. The number of nitrogens with zero attached hydrogens (tertiary/aromatic N) is 3. The number of hydrogen-bond donors (Lipinski definition) is 1. The fourth-order valence-corrected chi connectivity index (χ4v) is 4.16. The van der Waals surface area contributed by atoms with Crippen molar-refractivity contribution in [2.75, 3.05) is 50.7 Å². The quantitative estimate of drug-likeness (QED) is 0.908. The molecule has 2 aliphatic rings. The van der Waals surface area contributed by atoms with Crippen molar-refractivity contribution < 1.29 is 4.79 Å². The first-order valence-corrected chi connectivity index (χ1v) is 9.72. The smallest absolute Gasteiger partial charge is 0.254 e. The molecule has 0 spiro atoms. The van der Waals surface area contributed by atoms with Gasteiger partial charge in [0, 0.05) is 56.6 Å². The highest BCUT2D eigenvalue weighted by molar-refractivity contribution is 5.95. The molecule has 0 aromatic heterocycles. The van der Waals surface area contributed by atoms with Gasteiger partial charge in [0.15, 0.2) is 0 Å². The summed E-state index contributed by atoms with van der Waals surface area (Å²) in [7, 11) is 0. The van der Waals surface area contributed by atoms with Gasteiger partial charge >= 0.3 is 0 Å². The van der Waals surface area contributed by atoms with Gasteiger partial charge < -0.3 is 20.4 Å². The normalized spacial score (nSPS) is 25.2. The van der Waals surface area contributed by atoms with E-state index in [2.05, 4.69) is 35.8 Å². The molecule has 1 aromatic rings. The number of benzene rings is 1. The third-order valence-electron chi connectivity index (χ3n) is 5.92. The molecular formula is C20H32N4O. The molecular weight excluding hydrogens is 312 g/mol. The minimum Gasteiger partial charge on any atom is -0.369 e. The van der Waals surface area contributed by atoms with Crippen LogP contribution in [0.25, 0.3) is 0 Å². The molecule has 1 aromatic carbocycles. The molecule has 2 heterocycles. The van der Waals surface area contributed by atoms with Gasteiger partial charge in [-0.15, -0.1) is 0 Å². The van der Waals surface area contributed by atoms with Crippen molar-refractivity contribution in [1.29, 1.82) is 0 Å². The van der Waals surface area contributed by atoms with E-state index in [1.807, 2.05) is 17.0 Å². The van der Waals surface area contributed by atoms with E-state index in [1.165, 1.54) is 5.69 Å². The maximum Gasteiger partial charge on any atom is 0.254 e. The second-order valence-electron chi connectivity index (χ2n) is 7.39. The zero-order valence-corrected chi connectivity index (χ0v) is 15.7. The van der Waals surface area contributed by atoms with Crippen LogP contribution < -0.4 is 10.6 Å². The zero-order valence-electron chi connectivity index (χ0n) is 15.7. The summed E-state index contributed by atoms with van der Waals surface area (Å²) in [6.45, 7) is 11.3. The summed E-state index contributed by atoms with van der Waals surface area (Å²) in [6.07, 6.45) is 2.23. The summed E-state index contributed by atoms with van der Waals surface area (Å²) in [5, 5.41) is 0. The number of anilines is 1. The molecule has 138 valence electrons. The third-order valence-corrected chi connectivity index (χ3v) is 5.92. The number of likely N-dealkylation sites (tertiary alicyclic amines) is 1. The average Bonchev–Trinajstić information content (AvgIpc) is 2.67. The molecule has 0 aliphatic carbocycles. The van der Waals surface area contributed by atoms with E-state index >= 15 is 0 Å². The SMILES string of the molecule is CCN1CCN(c2ccc(C(=O)N3CCC[C@@H](C)[C@H]3CN)cc2)CC1.